The molecule has 0 saturated carbocycles. The smallest absolute Gasteiger partial charge is 0.278 e. The first-order valence-electron chi connectivity index (χ1n) is 7.83. The summed E-state index contributed by atoms with van der Waals surface area (Å²) >= 11 is 22.5. The Kier molecular flexibility index (Phi) is 5.95. The average Bonchev–Trinajstić information content (AvgIpc) is 2.77. The van der Waals surface area contributed by atoms with Crippen molar-refractivity contribution < 1.29 is 14.4 Å². The van der Waals surface area contributed by atoms with Crippen molar-refractivity contribution in [3.05, 3.63) is 64.7 Å². The van der Waals surface area contributed by atoms with Crippen molar-refractivity contribution in [3.8, 4) is 0 Å². The fourth-order valence-electron chi connectivity index (χ4n) is 2.53. The number of fused-ring (bicyclic) bond motifs is 1. The first kappa shape index (κ1) is 20.6. The number of rotatable bonds is 2. The molecule has 144 valence electrons. The molecule has 2 aromatic rings. The molecule has 1 unspecified atom stereocenters. The third kappa shape index (κ3) is 4.47. The standard InChI is InChI=1S/C18H11Cl4N3O3/c19-10-6-7-12-11(8-10)13(9-4-2-1-3-5-9)24-14(15(26)23-12)16(27)25-17(28)18(20,21)22/h1-8,14H,(H,23,26)(H,25,27,28). The highest BCUT2D eigenvalue weighted by Crippen LogP contribution is 2.28. The van der Waals surface area contributed by atoms with Gasteiger partial charge in [-0.2, -0.15) is 0 Å². The number of hydrogen-bond acceptors (Lipinski definition) is 4. The summed E-state index contributed by atoms with van der Waals surface area (Å²) in [6.45, 7) is 0. The number of nitrogens with one attached hydrogen (secondary N) is 2. The molecule has 2 N–H and O–H groups in total. The summed E-state index contributed by atoms with van der Waals surface area (Å²) in [5, 5.41) is 4.92. The molecule has 28 heavy (non-hydrogen) atoms. The second kappa shape index (κ2) is 8.09. The van der Waals surface area contributed by atoms with E-state index < -0.39 is 27.6 Å². The molecule has 1 heterocycles. The summed E-state index contributed by atoms with van der Waals surface area (Å²) < 4.78 is -2.36. The molecule has 1 aliphatic rings. The number of carbonyl (C=O) groups excluding carboxylic acids is 3. The lowest BCUT2D eigenvalue weighted by Gasteiger charge is -2.14. The van der Waals surface area contributed by atoms with Gasteiger partial charge in [0, 0.05) is 16.1 Å². The van der Waals surface area contributed by atoms with Gasteiger partial charge in [-0.1, -0.05) is 76.7 Å². The normalized spacial score (nSPS) is 16.4. The molecule has 1 atom stereocenters. The fraction of sp³-hybridized carbons (Fsp3) is 0.111. The highest BCUT2D eigenvalue weighted by Gasteiger charge is 2.37. The first-order valence-corrected chi connectivity index (χ1v) is 9.34. The fourth-order valence-corrected chi connectivity index (χ4v) is 2.85. The number of halogens is 4. The van der Waals surface area contributed by atoms with Gasteiger partial charge in [-0.15, -0.1) is 0 Å². The molecule has 2 aromatic carbocycles. The number of hydrogen-bond donors (Lipinski definition) is 2. The quantitative estimate of drug-likeness (QED) is 0.533. The van der Waals surface area contributed by atoms with Crippen LogP contribution in [0.3, 0.4) is 0 Å². The zero-order chi connectivity index (χ0) is 20.5. The Labute approximate surface area is 179 Å². The lowest BCUT2D eigenvalue weighted by atomic mass is 10.0. The van der Waals surface area contributed by atoms with Gasteiger partial charge in [0.25, 0.3) is 21.5 Å². The highest BCUT2D eigenvalue weighted by molar-refractivity contribution is 6.76. The SMILES string of the molecule is O=C(NC(=O)C(Cl)(Cl)Cl)C1N=C(c2ccccc2)c2cc(Cl)ccc2NC1=O. The van der Waals surface area contributed by atoms with E-state index in [1.165, 1.54) is 0 Å². The lowest BCUT2D eigenvalue weighted by molar-refractivity contribution is -0.133. The molecule has 0 radical (unpaired) electrons. The van der Waals surface area contributed by atoms with Gasteiger partial charge >= 0.3 is 0 Å². The molecule has 0 fully saturated rings. The largest absolute Gasteiger partial charge is 0.323 e. The van der Waals surface area contributed by atoms with E-state index >= 15 is 0 Å². The van der Waals surface area contributed by atoms with Crippen LogP contribution in [0.15, 0.2) is 53.5 Å². The van der Waals surface area contributed by atoms with E-state index in [4.69, 9.17) is 46.4 Å². The Bertz CT molecular complexity index is 987. The number of aliphatic imine (C=N–C) groups is 1. The average molecular weight is 459 g/mol. The number of amides is 3. The van der Waals surface area contributed by atoms with Crippen molar-refractivity contribution in [2.24, 2.45) is 4.99 Å². The van der Waals surface area contributed by atoms with Gasteiger partial charge in [0.2, 0.25) is 6.04 Å². The summed E-state index contributed by atoms with van der Waals surface area (Å²) in [5.74, 6) is -2.96. The van der Waals surface area contributed by atoms with Gasteiger partial charge in [-0.3, -0.25) is 24.7 Å². The van der Waals surface area contributed by atoms with Crippen molar-refractivity contribution in [1.82, 2.24) is 5.32 Å². The summed E-state index contributed by atoms with van der Waals surface area (Å²) in [7, 11) is 0. The molecular formula is C18H11Cl4N3O3. The van der Waals surface area contributed by atoms with E-state index in [1.54, 1.807) is 42.5 Å². The Morgan fingerprint density at radius 2 is 1.75 bits per heavy atom. The van der Waals surface area contributed by atoms with Crippen LogP contribution in [-0.4, -0.2) is 33.3 Å². The number of carbonyl (C=O) groups is 3. The molecule has 0 bridgehead atoms. The first-order chi connectivity index (χ1) is 13.2. The van der Waals surface area contributed by atoms with Gasteiger partial charge in [0.1, 0.15) is 0 Å². The maximum Gasteiger partial charge on any atom is 0.278 e. The maximum absolute atomic E-state index is 12.6. The third-order valence-electron chi connectivity index (χ3n) is 3.79. The van der Waals surface area contributed by atoms with E-state index in [2.05, 4.69) is 10.3 Å². The number of benzene rings is 2. The summed E-state index contributed by atoms with van der Waals surface area (Å²) in [6.07, 6.45) is 0. The van der Waals surface area contributed by atoms with E-state index in [0.29, 0.717) is 27.5 Å². The molecule has 0 aromatic heterocycles. The molecule has 6 nitrogen and oxygen atoms in total. The minimum atomic E-state index is -2.36. The number of anilines is 1. The number of nitrogens with zero attached hydrogens (tertiary/aromatic N) is 1. The number of imide groups is 1. The van der Waals surface area contributed by atoms with Crippen LogP contribution in [0.2, 0.25) is 5.02 Å². The topological polar surface area (TPSA) is 87.6 Å². The van der Waals surface area contributed by atoms with Crippen molar-refractivity contribution >= 4 is 75.5 Å². The molecule has 0 aliphatic carbocycles. The minimum absolute atomic E-state index is 0.345. The Morgan fingerprint density at radius 1 is 1.07 bits per heavy atom. The van der Waals surface area contributed by atoms with Crippen LogP contribution < -0.4 is 10.6 Å². The number of benzodiazepines with no additional fused rings is 1. The summed E-state index contributed by atoms with van der Waals surface area (Å²) in [5.41, 5.74) is 1.93. The minimum Gasteiger partial charge on any atom is -0.323 e. The van der Waals surface area contributed by atoms with Crippen molar-refractivity contribution in [2.75, 3.05) is 5.32 Å². The van der Waals surface area contributed by atoms with E-state index in [0.717, 1.165) is 0 Å². The van der Waals surface area contributed by atoms with Gasteiger partial charge in [-0.25, -0.2) is 0 Å². The molecular weight excluding hydrogens is 448 g/mol. The van der Waals surface area contributed by atoms with Crippen molar-refractivity contribution in [2.45, 2.75) is 9.83 Å². The molecule has 0 spiro atoms. The van der Waals surface area contributed by atoms with Crippen LogP contribution >= 0.6 is 46.4 Å². The molecule has 3 rings (SSSR count). The predicted molar refractivity (Wildman–Crippen MR) is 109 cm³/mol. The van der Waals surface area contributed by atoms with Crippen molar-refractivity contribution in [1.29, 1.82) is 0 Å². The Hall–Kier alpha value is -2.12. The highest BCUT2D eigenvalue weighted by atomic mass is 35.6. The maximum atomic E-state index is 12.6. The third-order valence-corrected chi connectivity index (χ3v) is 4.54. The zero-order valence-corrected chi connectivity index (χ0v) is 16.9. The second-order valence-electron chi connectivity index (χ2n) is 5.74. The van der Waals surface area contributed by atoms with Crippen molar-refractivity contribution in [3.63, 3.8) is 0 Å². The van der Waals surface area contributed by atoms with Gasteiger partial charge < -0.3 is 5.32 Å². The molecule has 0 saturated heterocycles. The van der Waals surface area contributed by atoms with Crippen LogP contribution in [0.25, 0.3) is 0 Å². The monoisotopic (exact) mass is 457 g/mol. The zero-order valence-electron chi connectivity index (χ0n) is 13.9. The van der Waals surface area contributed by atoms with Gasteiger partial charge in [0.15, 0.2) is 0 Å². The predicted octanol–water partition coefficient (Wildman–Crippen LogP) is 3.51. The van der Waals surface area contributed by atoms with Crippen LogP contribution in [-0.2, 0) is 14.4 Å². The van der Waals surface area contributed by atoms with Crippen LogP contribution in [0.1, 0.15) is 11.1 Å². The van der Waals surface area contributed by atoms with E-state index in [1.807, 2.05) is 11.4 Å². The molecule has 1 aliphatic heterocycles. The molecule has 3 amide bonds. The Morgan fingerprint density at radius 3 is 2.39 bits per heavy atom. The van der Waals surface area contributed by atoms with E-state index in [-0.39, 0.29) is 0 Å². The van der Waals surface area contributed by atoms with Crippen LogP contribution in [0, 0.1) is 0 Å². The van der Waals surface area contributed by atoms with E-state index in [9.17, 15) is 14.4 Å². The molecule has 10 heteroatoms. The number of alkyl halides is 3. The summed E-state index contributed by atoms with van der Waals surface area (Å²) in [6, 6.07) is 12.1. The van der Waals surface area contributed by atoms with Crippen LogP contribution in [0.5, 0.6) is 0 Å². The second-order valence-corrected chi connectivity index (χ2v) is 8.46. The summed E-state index contributed by atoms with van der Waals surface area (Å²) in [4.78, 5) is 41.2. The van der Waals surface area contributed by atoms with Gasteiger partial charge in [-0.05, 0) is 18.2 Å². The van der Waals surface area contributed by atoms with Crippen LogP contribution in [0.4, 0.5) is 5.69 Å². The lowest BCUT2D eigenvalue weighted by Crippen LogP contribution is -2.47. The Balaban J connectivity index is 2.08. The van der Waals surface area contributed by atoms with Gasteiger partial charge in [0.05, 0.1) is 11.4 Å².